The van der Waals surface area contributed by atoms with Crippen LogP contribution in [0.15, 0.2) is 0 Å². The van der Waals surface area contributed by atoms with Gasteiger partial charge in [-0.3, -0.25) is 14.5 Å². The lowest BCUT2D eigenvalue weighted by Gasteiger charge is -2.34. The van der Waals surface area contributed by atoms with E-state index in [0.717, 1.165) is 44.9 Å². The zero-order valence-electron chi connectivity index (χ0n) is 12.0. The molecular weight excluding hydrogens is 262 g/mol. The van der Waals surface area contributed by atoms with Crippen LogP contribution in [0.25, 0.3) is 0 Å². The predicted molar refractivity (Wildman–Crippen MR) is 79.3 cm³/mol. The summed E-state index contributed by atoms with van der Waals surface area (Å²) in [7, 11) is 0. The number of hydrogen-bond donors (Lipinski definition) is 1. The highest BCUT2D eigenvalue weighted by molar-refractivity contribution is 7.98. The van der Waals surface area contributed by atoms with E-state index >= 15 is 0 Å². The van der Waals surface area contributed by atoms with Crippen molar-refractivity contribution in [2.75, 3.05) is 51.3 Å². The maximum absolute atomic E-state index is 12.0. The first-order valence-electron chi connectivity index (χ1n) is 6.87. The van der Waals surface area contributed by atoms with Crippen molar-refractivity contribution in [2.45, 2.75) is 19.8 Å². The monoisotopic (exact) mass is 287 g/mol. The summed E-state index contributed by atoms with van der Waals surface area (Å²) in [6, 6.07) is 0. The van der Waals surface area contributed by atoms with Crippen LogP contribution in [0, 0.1) is 0 Å². The third-order valence-electron chi connectivity index (χ3n) is 3.28. The van der Waals surface area contributed by atoms with Gasteiger partial charge in [0, 0.05) is 58.4 Å². The molecule has 0 aromatic heterocycles. The molecule has 0 saturated carbocycles. The third kappa shape index (κ3) is 6.82. The molecule has 0 bridgehead atoms. The van der Waals surface area contributed by atoms with Crippen molar-refractivity contribution in [3.63, 3.8) is 0 Å². The van der Waals surface area contributed by atoms with Crippen molar-refractivity contribution in [3.8, 4) is 0 Å². The van der Waals surface area contributed by atoms with Gasteiger partial charge in [-0.05, 0) is 12.7 Å². The van der Waals surface area contributed by atoms with Crippen molar-refractivity contribution < 1.29 is 9.59 Å². The van der Waals surface area contributed by atoms with Gasteiger partial charge in [-0.25, -0.2) is 0 Å². The fourth-order valence-electron chi connectivity index (χ4n) is 2.10. The normalized spacial score (nSPS) is 16.4. The molecule has 1 N–H and O–H groups in total. The summed E-state index contributed by atoms with van der Waals surface area (Å²) in [5.74, 6) is 1.34. The molecule has 0 spiro atoms. The average Bonchev–Trinajstić information content (AvgIpc) is 2.41. The minimum absolute atomic E-state index is 0.0325. The Hall–Kier alpha value is -0.750. The van der Waals surface area contributed by atoms with Crippen molar-refractivity contribution >= 4 is 23.6 Å². The van der Waals surface area contributed by atoms with Crippen LogP contribution in [-0.2, 0) is 9.59 Å². The Labute approximate surface area is 120 Å². The second kappa shape index (κ2) is 9.20. The van der Waals surface area contributed by atoms with Gasteiger partial charge in [0.2, 0.25) is 11.8 Å². The van der Waals surface area contributed by atoms with Crippen molar-refractivity contribution in [1.29, 1.82) is 0 Å². The molecule has 1 saturated heterocycles. The van der Waals surface area contributed by atoms with E-state index in [1.807, 2.05) is 16.7 Å². The minimum atomic E-state index is -0.0325. The molecule has 1 aliphatic heterocycles. The molecule has 0 unspecified atom stereocenters. The van der Waals surface area contributed by atoms with Gasteiger partial charge < -0.3 is 10.2 Å². The molecule has 1 aliphatic rings. The summed E-state index contributed by atoms with van der Waals surface area (Å²) in [6.45, 7) is 6.85. The maximum atomic E-state index is 12.0. The molecule has 110 valence electrons. The van der Waals surface area contributed by atoms with E-state index in [0.29, 0.717) is 13.0 Å². The van der Waals surface area contributed by atoms with Crippen LogP contribution in [0.3, 0.4) is 0 Å². The molecule has 0 radical (unpaired) electrons. The molecule has 1 heterocycles. The highest BCUT2D eigenvalue weighted by Gasteiger charge is 2.20. The Morgan fingerprint density at radius 3 is 2.47 bits per heavy atom. The first kappa shape index (κ1) is 16.3. The van der Waals surface area contributed by atoms with E-state index in [4.69, 9.17) is 0 Å². The van der Waals surface area contributed by atoms with Crippen LogP contribution >= 0.6 is 11.8 Å². The van der Waals surface area contributed by atoms with Gasteiger partial charge in [-0.1, -0.05) is 0 Å². The molecule has 1 fully saturated rings. The number of carbonyl (C=O) groups excluding carboxylic acids is 2. The molecule has 5 nitrogen and oxygen atoms in total. The highest BCUT2D eigenvalue weighted by Crippen LogP contribution is 2.06. The van der Waals surface area contributed by atoms with Crippen LogP contribution in [-0.4, -0.2) is 72.9 Å². The third-order valence-corrected chi connectivity index (χ3v) is 3.87. The number of nitrogens with one attached hydrogen (secondary N) is 1. The van der Waals surface area contributed by atoms with Gasteiger partial charge in [-0.2, -0.15) is 11.8 Å². The summed E-state index contributed by atoms with van der Waals surface area (Å²) in [4.78, 5) is 27.0. The maximum Gasteiger partial charge on any atom is 0.222 e. The number of carbonyl (C=O) groups is 2. The van der Waals surface area contributed by atoms with Crippen LogP contribution in [0.1, 0.15) is 19.8 Å². The van der Waals surface area contributed by atoms with Crippen molar-refractivity contribution in [3.05, 3.63) is 0 Å². The van der Waals surface area contributed by atoms with Crippen molar-refractivity contribution in [2.24, 2.45) is 0 Å². The fraction of sp³-hybridized carbons (Fsp3) is 0.846. The standard InChI is InChI=1S/C13H25N3O2S/c1-12(17)14-5-3-4-13(18)16-8-6-15(7-9-16)10-11-19-2/h3-11H2,1-2H3,(H,14,17). The Balaban J connectivity index is 2.12. The molecule has 6 heteroatoms. The summed E-state index contributed by atoms with van der Waals surface area (Å²) < 4.78 is 0. The van der Waals surface area contributed by atoms with E-state index in [2.05, 4.69) is 16.5 Å². The summed E-state index contributed by atoms with van der Waals surface area (Å²) in [5.41, 5.74) is 0. The van der Waals surface area contributed by atoms with Crippen LogP contribution in [0.4, 0.5) is 0 Å². The topological polar surface area (TPSA) is 52.6 Å². The summed E-state index contributed by atoms with van der Waals surface area (Å²) in [6.07, 6.45) is 3.38. The largest absolute Gasteiger partial charge is 0.356 e. The van der Waals surface area contributed by atoms with Gasteiger partial charge in [0.1, 0.15) is 0 Å². The van der Waals surface area contributed by atoms with Crippen molar-refractivity contribution in [1.82, 2.24) is 15.1 Å². The van der Waals surface area contributed by atoms with E-state index in [1.165, 1.54) is 6.92 Å². The molecule has 0 aliphatic carbocycles. The number of hydrogen-bond acceptors (Lipinski definition) is 4. The Kier molecular flexibility index (Phi) is 7.90. The number of nitrogens with zero attached hydrogens (tertiary/aromatic N) is 2. The van der Waals surface area contributed by atoms with Gasteiger partial charge in [0.25, 0.3) is 0 Å². The molecule has 1 rings (SSSR count). The van der Waals surface area contributed by atoms with E-state index in [-0.39, 0.29) is 11.8 Å². The van der Waals surface area contributed by atoms with Gasteiger partial charge >= 0.3 is 0 Å². The first-order valence-corrected chi connectivity index (χ1v) is 8.26. The first-order chi connectivity index (χ1) is 9.13. The molecule has 0 aromatic carbocycles. The van der Waals surface area contributed by atoms with Gasteiger partial charge in [-0.15, -0.1) is 0 Å². The quantitative estimate of drug-likeness (QED) is 0.689. The lowest BCUT2D eigenvalue weighted by molar-refractivity contribution is -0.133. The molecule has 0 aromatic rings. The second-order valence-electron chi connectivity index (χ2n) is 4.80. The Morgan fingerprint density at radius 2 is 1.89 bits per heavy atom. The van der Waals surface area contributed by atoms with Gasteiger partial charge in [0.15, 0.2) is 0 Å². The SMILES string of the molecule is CSCCN1CCN(C(=O)CCCNC(C)=O)CC1. The number of thioether (sulfide) groups is 1. The molecule has 2 amide bonds. The van der Waals surface area contributed by atoms with E-state index in [1.54, 1.807) is 0 Å². The van der Waals surface area contributed by atoms with Crippen LogP contribution < -0.4 is 5.32 Å². The lowest BCUT2D eigenvalue weighted by atomic mass is 10.2. The summed E-state index contributed by atoms with van der Waals surface area (Å²) >= 11 is 1.86. The zero-order chi connectivity index (χ0) is 14.1. The molecule has 0 atom stereocenters. The zero-order valence-corrected chi connectivity index (χ0v) is 12.8. The Bertz CT molecular complexity index is 292. The predicted octanol–water partition coefficient (Wildman–Crippen LogP) is 0.410. The van der Waals surface area contributed by atoms with Crippen LogP contribution in [0.2, 0.25) is 0 Å². The van der Waals surface area contributed by atoms with Gasteiger partial charge in [0.05, 0.1) is 0 Å². The number of rotatable bonds is 7. The van der Waals surface area contributed by atoms with E-state index in [9.17, 15) is 9.59 Å². The average molecular weight is 287 g/mol. The minimum Gasteiger partial charge on any atom is -0.356 e. The van der Waals surface area contributed by atoms with E-state index < -0.39 is 0 Å². The number of amides is 2. The molecular formula is C13H25N3O2S. The molecule has 19 heavy (non-hydrogen) atoms. The highest BCUT2D eigenvalue weighted by atomic mass is 32.2. The smallest absolute Gasteiger partial charge is 0.222 e. The van der Waals surface area contributed by atoms with Crippen LogP contribution in [0.5, 0.6) is 0 Å². The summed E-state index contributed by atoms with van der Waals surface area (Å²) in [5, 5.41) is 2.71. The second-order valence-corrected chi connectivity index (χ2v) is 5.79. The lowest BCUT2D eigenvalue weighted by Crippen LogP contribution is -2.49. The number of piperazine rings is 1. The fourth-order valence-corrected chi connectivity index (χ4v) is 2.54. The Morgan fingerprint density at radius 1 is 1.21 bits per heavy atom.